The zero-order chi connectivity index (χ0) is 17.0. The Morgan fingerprint density at radius 1 is 1.38 bits per heavy atom. The number of hydrogen-bond acceptors (Lipinski definition) is 6. The van der Waals surface area contributed by atoms with Crippen molar-refractivity contribution in [3.05, 3.63) is 36.4 Å². The number of carbonyl (C=O) groups excluding carboxylic acids is 1. The molecule has 1 amide bonds. The molecular formula is C16H22N6O2. The molecule has 0 bridgehead atoms. The van der Waals surface area contributed by atoms with Gasteiger partial charge in [-0.3, -0.25) is 4.79 Å². The van der Waals surface area contributed by atoms with Crippen LogP contribution < -0.4 is 5.32 Å². The number of hydrogen-bond donors (Lipinski definition) is 1. The molecule has 1 fully saturated rings. The van der Waals surface area contributed by atoms with Crippen molar-refractivity contribution in [1.82, 2.24) is 30.0 Å². The van der Waals surface area contributed by atoms with Crippen LogP contribution >= 0.6 is 0 Å². The van der Waals surface area contributed by atoms with Crippen molar-refractivity contribution in [3.8, 4) is 0 Å². The molecule has 8 heteroatoms. The van der Waals surface area contributed by atoms with Gasteiger partial charge in [-0.15, -0.1) is 0 Å². The van der Waals surface area contributed by atoms with Crippen LogP contribution in [0.1, 0.15) is 50.6 Å². The van der Waals surface area contributed by atoms with Crippen molar-refractivity contribution in [2.75, 3.05) is 6.61 Å². The van der Waals surface area contributed by atoms with Crippen molar-refractivity contribution < 1.29 is 9.53 Å². The van der Waals surface area contributed by atoms with Gasteiger partial charge in [-0.25, -0.2) is 19.6 Å². The van der Waals surface area contributed by atoms with Gasteiger partial charge in [-0.2, -0.15) is 5.10 Å². The number of aromatic nitrogens is 5. The first-order chi connectivity index (χ1) is 11.6. The highest BCUT2D eigenvalue weighted by atomic mass is 16.5. The molecule has 0 unspecified atom stereocenters. The van der Waals surface area contributed by atoms with Crippen molar-refractivity contribution in [2.45, 2.75) is 51.3 Å². The molecule has 0 aromatic carbocycles. The lowest BCUT2D eigenvalue weighted by atomic mass is 10.1. The summed E-state index contributed by atoms with van der Waals surface area (Å²) in [4.78, 5) is 25.0. The maximum absolute atomic E-state index is 12.4. The Morgan fingerprint density at radius 3 is 2.79 bits per heavy atom. The first kappa shape index (κ1) is 16.5. The van der Waals surface area contributed by atoms with E-state index < -0.39 is 5.54 Å². The summed E-state index contributed by atoms with van der Waals surface area (Å²) in [6.45, 7) is 4.71. The summed E-state index contributed by atoms with van der Waals surface area (Å²) in [5, 5.41) is 6.92. The first-order valence-corrected chi connectivity index (χ1v) is 8.13. The number of rotatable bonds is 5. The van der Waals surface area contributed by atoms with Crippen LogP contribution in [0, 0.1) is 0 Å². The Labute approximate surface area is 140 Å². The summed E-state index contributed by atoms with van der Waals surface area (Å²) < 4.78 is 7.21. The highest BCUT2D eigenvalue weighted by molar-refractivity contribution is 5.83. The molecule has 1 aliphatic rings. The number of nitrogens with zero attached hydrogens (tertiary/aromatic N) is 5. The lowest BCUT2D eigenvalue weighted by Crippen LogP contribution is -2.44. The number of amides is 1. The summed E-state index contributed by atoms with van der Waals surface area (Å²) in [5.41, 5.74) is 0.0325. The second-order valence-electron chi connectivity index (χ2n) is 6.39. The van der Waals surface area contributed by atoms with Gasteiger partial charge in [0, 0.05) is 31.1 Å². The molecule has 1 saturated heterocycles. The summed E-state index contributed by atoms with van der Waals surface area (Å²) >= 11 is 0. The van der Waals surface area contributed by atoms with E-state index in [-0.39, 0.29) is 12.0 Å². The lowest BCUT2D eigenvalue weighted by Gasteiger charge is -2.23. The Balaban J connectivity index is 1.57. The zero-order valence-electron chi connectivity index (χ0n) is 14.0. The summed E-state index contributed by atoms with van der Waals surface area (Å²) in [7, 11) is 0. The maximum atomic E-state index is 12.4. The van der Waals surface area contributed by atoms with Gasteiger partial charge in [-0.1, -0.05) is 0 Å². The fourth-order valence-electron chi connectivity index (χ4n) is 2.57. The molecule has 2 aromatic heterocycles. The Hall–Kier alpha value is -2.35. The van der Waals surface area contributed by atoms with Crippen LogP contribution in [-0.2, 0) is 21.6 Å². The van der Waals surface area contributed by atoms with Crippen molar-refractivity contribution in [3.63, 3.8) is 0 Å². The molecule has 1 N–H and O–H groups in total. The molecule has 3 rings (SSSR count). The van der Waals surface area contributed by atoms with Gasteiger partial charge in [0.2, 0.25) is 5.91 Å². The Kier molecular flexibility index (Phi) is 4.84. The first-order valence-electron chi connectivity index (χ1n) is 8.13. The van der Waals surface area contributed by atoms with Gasteiger partial charge >= 0.3 is 0 Å². The Morgan fingerprint density at radius 2 is 2.17 bits per heavy atom. The normalized spacial score (nSPS) is 18.3. The zero-order valence-corrected chi connectivity index (χ0v) is 14.0. The van der Waals surface area contributed by atoms with Gasteiger partial charge in [-0.05, 0) is 33.1 Å². The van der Waals surface area contributed by atoms with E-state index >= 15 is 0 Å². The van der Waals surface area contributed by atoms with E-state index in [1.165, 1.54) is 17.3 Å². The molecule has 1 atom stereocenters. The van der Waals surface area contributed by atoms with E-state index in [1.807, 2.05) is 0 Å². The van der Waals surface area contributed by atoms with E-state index in [1.54, 1.807) is 26.2 Å². The third kappa shape index (κ3) is 3.59. The third-order valence-corrected chi connectivity index (χ3v) is 4.19. The fourth-order valence-corrected chi connectivity index (χ4v) is 2.57. The van der Waals surface area contributed by atoms with Gasteiger partial charge in [0.1, 0.15) is 24.3 Å². The van der Waals surface area contributed by atoms with Crippen LogP contribution in [0.15, 0.2) is 25.0 Å². The highest BCUT2D eigenvalue weighted by Gasteiger charge is 2.30. The van der Waals surface area contributed by atoms with Gasteiger partial charge in [0.25, 0.3) is 0 Å². The molecule has 24 heavy (non-hydrogen) atoms. The van der Waals surface area contributed by atoms with Crippen molar-refractivity contribution >= 4 is 5.91 Å². The van der Waals surface area contributed by atoms with Crippen molar-refractivity contribution in [1.29, 1.82) is 0 Å². The molecule has 8 nitrogen and oxygen atoms in total. The van der Waals surface area contributed by atoms with Crippen LogP contribution in [0.3, 0.4) is 0 Å². The second kappa shape index (κ2) is 7.04. The number of nitrogens with one attached hydrogen (secondary N) is 1. The standard InChI is InChI=1S/C16H22N6O2/c1-16(2,22-11-17-10-21-22)15(23)20-9-12-7-18-14(19-8-12)13-5-3-4-6-24-13/h7-8,10-11,13H,3-6,9H2,1-2H3,(H,20,23)/t13-/m0/s1. The minimum atomic E-state index is -0.812. The molecule has 128 valence electrons. The minimum absolute atomic E-state index is 0.00589. The maximum Gasteiger partial charge on any atom is 0.247 e. The summed E-state index contributed by atoms with van der Waals surface area (Å²) in [6, 6.07) is 0. The largest absolute Gasteiger partial charge is 0.370 e. The molecular weight excluding hydrogens is 308 g/mol. The van der Waals surface area contributed by atoms with Crippen LogP contribution in [-0.4, -0.2) is 37.2 Å². The molecule has 0 aliphatic carbocycles. The third-order valence-electron chi connectivity index (χ3n) is 4.19. The number of ether oxygens (including phenoxy) is 1. The van der Waals surface area contributed by atoms with Gasteiger partial charge in [0.15, 0.2) is 5.82 Å². The number of carbonyl (C=O) groups is 1. The minimum Gasteiger partial charge on any atom is -0.370 e. The average molecular weight is 330 g/mol. The lowest BCUT2D eigenvalue weighted by molar-refractivity contribution is -0.129. The molecule has 1 aliphatic heterocycles. The highest BCUT2D eigenvalue weighted by Crippen LogP contribution is 2.24. The predicted octanol–water partition coefficient (Wildman–Crippen LogP) is 1.36. The van der Waals surface area contributed by atoms with Crippen LogP contribution in [0.25, 0.3) is 0 Å². The monoisotopic (exact) mass is 330 g/mol. The Bertz CT molecular complexity index is 662. The average Bonchev–Trinajstić information content (AvgIpc) is 3.16. The predicted molar refractivity (Wildman–Crippen MR) is 85.8 cm³/mol. The van der Waals surface area contributed by atoms with E-state index in [0.717, 1.165) is 31.4 Å². The van der Waals surface area contributed by atoms with Crippen LogP contribution in [0.5, 0.6) is 0 Å². The summed E-state index contributed by atoms with van der Waals surface area (Å²) in [5.74, 6) is 0.570. The molecule has 2 aromatic rings. The van der Waals surface area contributed by atoms with E-state index in [4.69, 9.17) is 4.74 Å². The van der Waals surface area contributed by atoms with E-state index in [2.05, 4.69) is 25.4 Å². The van der Waals surface area contributed by atoms with Crippen LogP contribution in [0.2, 0.25) is 0 Å². The molecule has 3 heterocycles. The molecule has 0 spiro atoms. The van der Waals surface area contributed by atoms with E-state index in [9.17, 15) is 4.79 Å². The SMILES string of the molecule is CC(C)(C(=O)NCc1cnc([C@@H]2CCCCO2)nc1)n1cncn1. The molecule has 0 saturated carbocycles. The van der Waals surface area contributed by atoms with Gasteiger partial charge < -0.3 is 10.1 Å². The fraction of sp³-hybridized carbons (Fsp3) is 0.562. The second-order valence-corrected chi connectivity index (χ2v) is 6.39. The van der Waals surface area contributed by atoms with E-state index in [0.29, 0.717) is 12.4 Å². The van der Waals surface area contributed by atoms with Crippen molar-refractivity contribution in [2.24, 2.45) is 0 Å². The molecule has 0 radical (unpaired) electrons. The quantitative estimate of drug-likeness (QED) is 0.889. The summed E-state index contributed by atoms with van der Waals surface area (Å²) in [6.07, 6.45) is 9.62. The van der Waals surface area contributed by atoms with Gasteiger partial charge in [0.05, 0.1) is 0 Å². The topological polar surface area (TPSA) is 94.8 Å². The van der Waals surface area contributed by atoms with Crippen LogP contribution in [0.4, 0.5) is 0 Å². The smallest absolute Gasteiger partial charge is 0.247 e.